The lowest BCUT2D eigenvalue weighted by atomic mass is 10.00. The van der Waals surface area contributed by atoms with Crippen molar-refractivity contribution in [1.82, 2.24) is 0 Å². The molecule has 0 radical (unpaired) electrons. The Bertz CT molecular complexity index is 426. The number of nitrogens with two attached hydrogens (primary N) is 1. The van der Waals surface area contributed by atoms with Gasteiger partial charge in [-0.2, -0.15) is 5.90 Å². The highest BCUT2D eigenvalue weighted by Crippen LogP contribution is 2.16. The van der Waals surface area contributed by atoms with Crippen molar-refractivity contribution in [1.29, 1.82) is 0 Å². The second kappa shape index (κ2) is 4.10. The summed E-state index contributed by atoms with van der Waals surface area (Å²) in [5.74, 6) is 2.91. The number of carbonyl (C=O) groups is 2. The zero-order valence-electron chi connectivity index (χ0n) is 8.40. The van der Waals surface area contributed by atoms with Gasteiger partial charge < -0.3 is 9.94 Å². The van der Waals surface area contributed by atoms with Crippen LogP contribution < -0.4 is 5.90 Å². The molecular weight excluding hydrogens is 198 g/mol. The highest BCUT2D eigenvalue weighted by atomic mass is 16.7. The maximum absolute atomic E-state index is 11.2. The van der Waals surface area contributed by atoms with Gasteiger partial charge in [-0.05, 0) is 31.0 Å². The van der Waals surface area contributed by atoms with Gasteiger partial charge in [0.2, 0.25) is 0 Å². The summed E-state index contributed by atoms with van der Waals surface area (Å²) in [7, 11) is 0. The van der Waals surface area contributed by atoms with Crippen LogP contribution in [0.3, 0.4) is 0 Å². The minimum Gasteiger partial charge on any atom is -0.478 e. The number of carboxylic acid groups (broad SMARTS) is 1. The van der Waals surface area contributed by atoms with E-state index in [2.05, 4.69) is 4.84 Å². The van der Waals surface area contributed by atoms with Gasteiger partial charge in [-0.25, -0.2) is 9.59 Å². The molecule has 0 atom stereocenters. The van der Waals surface area contributed by atoms with E-state index < -0.39 is 11.9 Å². The summed E-state index contributed by atoms with van der Waals surface area (Å²) in [5.41, 5.74) is 1.46. The van der Waals surface area contributed by atoms with Crippen molar-refractivity contribution >= 4 is 11.9 Å². The van der Waals surface area contributed by atoms with Crippen molar-refractivity contribution < 1.29 is 19.5 Å². The molecule has 0 saturated carbocycles. The molecule has 1 rings (SSSR count). The van der Waals surface area contributed by atoms with E-state index in [0.717, 1.165) is 0 Å². The van der Waals surface area contributed by atoms with E-state index in [-0.39, 0.29) is 11.1 Å². The Balaban J connectivity index is 3.36. The molecule has 0 bridgehead atoms. The van der Waals surface area contributed by atoms with E-state index in [1.807, 2.05) is 0 Å². The van der Waals surface area contributed by atoms with E-state index in [1.165, 1.54) is 6.07 Å². The lowest BCUT2D eigenvalue weighted by Crippen LogP contribution is -2.13. The van der Waals surface area contributed by atoms with Crippen LogP contribution in [0.5, 0.6) is 0 Å². The Kier molecular flexibility index (Phi) is 3.06. The fourth-order valence-corrected chi connectivity index (χ4v) is 1.37. The van der Waals surface area contributed by atoms with Crippen molar-refractivity contribution in [3.05, 3.63) is 34.4 Å². The number of carboxylic acids is 1. The number of hydrogen-bond donors (Lipinski definition) is 2. The number of aryl methyl sites for hydroxylation is 2. The summed E-state index contributed by atoms with van der Waals surface area (Å²) in [5, 5.41) is 8.85. The predicted octanol–water partition coefficient (Wildman–Crippen LogP) is 1.03. The molecule has 0 aliphatic rings. The standard InChI is InChI=1S/C10H11NO4/c1-5-3-6(2)8(10(14)15-11)4-7(5)9(12)13/h3-4H,11H2,1-2H3,(H,12,13). The topological polar surface area (TPSA) is 89.6 Å². The zero-order chi connectivity index (χ0) is 11.6. The molecule has 0 fully saturated rings. The molecule has 0 aromatic heterocycles. The predicted molar refractivity (Wildman–Crippen MR) is 52.5 cm³/mol. The molecule has 0 heterocycles. The van der Waals surface area contributed by atoms with Crippen LogP contribution in [0.25, 0.3) is 0 Å². The number of carbonyl (C=O) groups excluding carboxylic acids is 1. The van der Waals surface area contributed by atoms with Crippen molar-refractivity contribution in [2.24, 2.45) is 5.90 Å². The molecule has 5 nitrogen and oxygen atoms in total. The molecule has 0 aliphatic carbocycles. The maximum atomic E-state index is 11.2. The molecule has 0 amide bonds. The summed E-state index contributed by atoms with van der Waals surface area (Å²) in [4.78, 5) is 26.1. The van der Waals surface area contributed by atoms with Gasteiger partial charge in [0.25, 0.3) is 0 Å². The average molecular weight is 209 g/mol. The Morgan fingerprint density at radius 1 is 1.20 bits per heavy atom. The molecule has 0 saturated heterocycles. The van der Waals surface area contributed by atoms with Crippen molar-refractivity contribution in [3.63, 3.8) is 0 Å². The Morgan fingerprint density at radius 2 is 1.73 bits per heavy atom. The number of benzene rings is 1. The van der Waals surface area contributed by atoms with Crippen LogP contribution in [0.2, 0.25) is 0 Å². The molecule has 0 spiro atoms. The second-order valence-corrected chi connectivity index (χ2v) is 3.19. The van der Waals surface area contributed by atoms with Crippen LogP contribution in [0.1, 0.15) is 31.8 Å². The van der Waals surface area contributed by atoms with E-state index in [9.17, 15) is 9.59 Å². The van der Waals surface area contributed by atoms with Crippen LogP contribution >= 0.6 is 0 Å². The third-order valence-electron chi connectivity index (χ3n) is 2.13. The Morgan fingerprint density at radius 3 is 2.20 bits per heavy atom. The van der Waals surface area contributed by atoms with Crippen LogP contribution in [0.4, 0.5) is 0 Å². The molecule has 5 heteroatoms. The first-order valence-electron chi connectivity index (χ1n) is 4.23. The molecule has 0 unspecified atom stereocenters. The SMILES string of the molecule is Cc1cc(C)c(C(=O)ON)cc1C(=O)O. The third kappa shape index (κ3) is 2.13. The molecule has 15 heavy (non-hydrogen) atoms. The number of aromatic carboxylic acids is 1. The zero-order valence-corrected chi connectivity index (χ0v) is 8.40. The molecule has 1 aromatic rings. The normalized spacial score (nSPS) is 9.80. The molecule has 3 N–H and O–H groups in total. The minimum atomic E-state index is -1.08. The van der Waals surface area contributed by atoms with Crippen LogP contribution in [0.15, 0.2) is 12.1 Å². The van der Waals surface area contributed by atoms with Crippen molar-refractivity contribution in [2.45, 2.75) is 13.8 Å². The largest absolute Gasteiger partial charge is 0.478 e. The third-order valence-corrected chi connectivity index (χ3v) is 2.13. The lowest BCUT2D eigenvalue weighted by Gasteiger charge is -2.07. The summed E-state index contributed by atoms with van der Waals surface area (Å²) in [6, 6.07) is 2.87. The van der Waals surface area contributed by atoms with E-state index in [4.69, 9.17) is 11.0 Å². The highest BCUT2D eigenvalue weighted by molar-refractivity contribution is 5.96. The molecule has 0 aliphatic heterocycles. The fourth-order valence-electron chi connectivity index (χ4n) is 1.37. The van der Waals surface area contributed by atoms with Gasteiger partial charge in [-0.15, -0.1) is 0 Å². The van der Waals surface area contributed by atoms with Crippen LogP contribution in [0, 0.1) is 13.8 Å². The van der Waals surface area contributed by atoms with Gasteiger partial charge in [0, 0.05) is 0 Å². The average Bonchev–Trinajstić information content (AvgIpc) is 2.16. The highest BCUT2D eigenvalue weighted by Gasteiger charge is 2.15. The fraction of sp³-hybridized carbons (Fsp3) is 0.200. The van der Waals surface area contributed by atoms with Gasteiger partial charge in [0.1, 0.15) is 0 Å². The molecular formula is C10H11NO4. The number of hydrogen-bond acceptors (Lipinski definition) is 4. The van der Waals surface area contributed by atoms with Crippen LogP contribution in [-0.4, -0.2) is 17.0 Å². The minimum absolute atomic E-state index is 0.0704. The van der Waals surface area contributed by atoms with Gasteiger partial charge in [0.15, 0.2) is 0 Å². The Hall–Kier alpha value is -1.88. The van der Waals surface area contributed by atoms with Crippen molar-refractivity contribution in [3.8, 4) is 0 Å². The summed E-state index contributed by atoms with van der Waals surface area (Å²) in [6.07, 6.45) is 0. The van der Waals surface area contributed by atoms with Gasteiger partial charge in [-0.1, -0.05) is 6.07 Å². The quantitative estimate of drug-likeness (QED) is 0.710. The summed E-state index contributed by atoms with van der Waals surface area (Å²) in [6.45, 7) is 3.35. The van der Waals surface area contributed by atoms with E-state index >= 15 is 0 Å². The van der Waals surface area contributed by atoms with E-state index in [0.29, 0.717) is 11.1 Å². The lowest BCUT2D eigenvalue weighted by molar-refractivity contribution is 0.0502. The Labute approximate surface area is 86.4 Å². The van der Waals surface area contributed by atoms with Gasteiger partial charge >= 0.3 is 11.9 Å². The van der Waals surface area contributed by atoms with Crippen LogP contribution in [-0.2, 0) is 4.84 Å². The first kappa shape index (κ1) is 11.2. The van der Waals surface area contributed by atoms with Crippen molar-refractivity contribution in [2.75, 3.05) is 0 Å². The van der Waals surface area contributed by atoms with Gasteiger partial charge in [0.05, 0.1) is 11.1 Å². The maximum Gasteiger partial charge on any atom is 0.356 e. The second-order valence-electron chi connectivity index (χ2n) is 3.19. The monoisotopic (exact) mass is 209 g/mol. The molecule has 80 valence electrons. The summed E-state index contributed by atoms with van der Waals surface area (Å²) < 4.78 is 0. The number of rotatable bonds is 2. The first-order chi connectivity index (χ1) is 6.97. The smallest absolute Gasteiger partial charge is 0.356 e. The molecule has 1 aromatic carbocycles. The first-order valence-corrected chi connectivity index (χ1v) is 4.23. The summed E-state index contributed by atoms with van der Waals surface area (Å²) >= 11 is 0. The van der Waals surface area contributed by atoms with E-state index in [1.54, 1.807) is 19.9 Å². The van der Waals surface area contributed by atoms with Gasteiger partial charge in [-0.3, -0.25) is 0 Å².